The minimum absolute atomic E-state index is 0. The second-order valence-electron chi connectivity index (χ2n) is 10.6. The smallest absolute Gasteiger partial charge is 0.301 e. The van der Waals surface area contributed by atoms with Crippen molar-refractivity contribution in [1.82, 2.24) is 18.8 Å². The van der Waals surface area contributed by atoms with Gasteiger partial charge in [-0.3, -0.25) is 14.1 Å². The topological polar surface area (TPSA) is 135 Å². The highest BCUT2D eigenvalue weighted by atomic mass is 35.5. The van der Waals surface area contributed by atoms with E-state index in [1.54, 1.807) is 0 Å². The molecule has 2 aromatic heterocycles. The zero-order valence-electron chi connectivity index (χ0n) is 21.3. The van der Waals surface area contributed by atoms with Crippen molar-refractivity contribution >= 4 is 45.3 Å². The summed E-state index contributed by atoms with van der Waals surface area (Å²) in [6.45, 7) is 0.286. The molecule has 0 bridgehead atoms. The largest absolute Gasteiger partial charge is 0.354 e. The summed E-state index contributed by atoms with van der Waals surface area (Å²) < 4.78 is 74.2. The lowest BCUT2D eigenvalue weighted by Crippen LogP contribution is -2.42. The van der Waals surface area contributed by atoms with Gasteiger partial charge in [0.1, 0.15) is 17.6 Å². The molecule has 0 radical (unpaired) electrons. The zero-order valence-corrected chi connectivity index (χ0v) is 22.9. The van der Waals surface area contributed by atoms with Crippen LogP contribution in [0.3, 0.4) is 0 Å². The molecule has 0 spiro atoms. The summed E-state index contributed by atoms with van der Waals surface area (Å²) in [4.78, 5) is 22.6. The fourth-order valence-corrected chi connectivity index (χ4v) is 6.38. The minimum atomic E-state index is -4.30. The van der Waals surface area contributed by atoms with Crippen LogP contribution in [0.15, 0.2) is 29.2 Å². The molecule has 15 heteroatoms. The highest BCUT2D eigenvalue weighted by molar-refractivity contribution is 7.90. The van der Waals surface area contributed by atoms with E-state index < -0.39 is 44.8 Å². The first kappa shape index (κ1) is 28.6. The summed E-state index contributed by atoms with van der Waals surface area (Å²) in [6.07, 6.45) is 3.44. The van der Waals surface area contributed by atoms with E-state index in [-0.39, 0.29) is 49.6 Å². The zero-order chi connectivity index (χ0) is 27.5. The number of fused-ring (bicyclic) bond motifs is 1. The molecule has 6 rings (SSSR count). The summed E-state index contributed by atoms with van der Waals surface area (Å²) >= 11 is 0. The number of pyridine rings is 1. The number of nitrogens with one attached hydrogen (secondary N) is 2. The van der Waals surface area contributed by atoms with E-state index in [0.717, 1.165) is 29.3 Å². The molecule has 3 aromatic rings. The van der Waals surface area contributed by atoms with Gasteiger partial charge in [0.15, 0.2) is 5.82 Å². The van der Waals surface area contributed by atoms with Gasteiger partial charge in [-0.25, -0.2) is 18.2 Å². The van der Waals surface area contributed by atoms with Crippen LogP contribution < -0.4 is 21.3 Å². The maximum atomic E-state index is 15.8. The molecule has 2 aliphatic carbocycles. The molecule has 3 fully saturated rings. The Bertz CT molecular complexity index is 1610. The van der Waals surface area contributed by atoms with Crippen molar-refractivity contribution < 1.29 is 21.6 Å². The van der Waals surface area contributed by atoms with Crippen LogP contribution >= 0.6 is 12.4 Å². The third kappa shape index (κ3) is 5.37. The van der Waals surface area contributed by atoms with Crippen molar-refractivity contribution in [2.24, 2.45) is 11.7 Å². The van der Waals surface area contributed by atoms with Crippen LogP contribution in [0, 0.1) is 17.6 Å². The second kappa shape index (κ2) is 10.8. The molecular formula is C25H29ClF3N7O3S. The molecule has 1 unspecified atom stereocenters. The lowest BCUT2D eigenvalue weighted by atomic mass is 9.87. The van der Waals surface area contributed by atoms with Gasteiger partial charge >= 0.3 is 10.2 Å². The highest BCUT2D eigenvalue weighted by Gasteiger charge is 2.34. The number of nitrogens with zero attached hydrogens (tertiary/aromatic N) is 4. The van der Waals surface area contributed by atoms with Crippen molar-refractivity contribution in [2.45, 2.75) is 50.4 Å². The van der Waals surface area contributed by atoms with Gasteiger partial charge in [0, 0.05) is 43.3 Å². The predicted molar refractivity (Wildman–Crippen MR) is 147 cm³/mol. The van der Waals surface area contributed by atoms with Gasteiger partial charge in [-0.1, -0.05) is 0 Å². The number of benzene rings is 1. The number of alkyl halides is 1. The van der Waals surface area contributed by atoms with Crippen LogP contribution in [0.25, 0.3) is 22.2 Å². The van der Waals surface area contributed by atoms with Crippen molar-refractivity contribution in [3.8, 4) is 11.1 Å². The highest BCUT2D eigenvalue weighted by Crippen LogP contribution is 2.36. The van der Waals surface area contributed by atoms with Gasteiger partial charge < -0.3 is 11.1 Å². The molecule has 1 atom stereocenters. The first-order chi connectivity index (χ1) is 18.6. The van der Waals surface area contributed by atoms with Crippen molar-refractivity contribution in [1.29, 1.82) is 0 Å². The molecule has 10 nitrogen and oxygen atoms in total. The number of nitrogens with two attached hydrogens (primary N) is 1. The monoisotopic (exact) mass is 599 g/mol. The molecule has 1 aliphatic heterocycles. The summed E-state index contributed by atoms with van der Waals surface area (Å²) in [5.74, 6) is -1.38. The standard InChI is InChI=1S/C25H28F3N7O3S.ClH/c26-15-5-6-34(12-15)39(37,38)33-20-4-3-19(27)21(22(20)28)18-7-14-11-31-25(30-10-13-1-2-13)32-23(14)35(24(18)36)17-8-16(29)9-17;/h3-4,7,11,13,15-17,33H,1-2,5-6,8-10,12,29H2,(H,30,31,32);1H. The molecule has 40 heavy (non-hydrogen) atoms. The van der Waals surface area contributed by atoms with Crippen LogP contribution in [-0.2, 0) is 10.2 Å². The number of hydrogen-bond donors (Lipinski definition) is 3. The first-order valence-corrected chi connectivity index (χ1v) is 14.4. The van der Waals surface area contributed by atoms with Crippen molar-refractivity contribution in [2.75, 3.05) is 29.7 Å². The van der Waals surface area contributed by atoms with Gasteiger partial charge in [-0.2, -0.15) is 17.7 Å². The van der Waals surface area contributed by atoms with Gasteiger partial charge in [-0.05, 0) is 56.2 Å². The Morgan fingerprint density at radius 2 is 1.90 bits per heavy atom. The Morgan fingerprint density at radius 1 is 1.15 bits per heavy atom. The number of anilines is 2. The predicted octanol–water partition coefficient (Wildman–Crippen LogP) is 3.34. The molecule has 1 saturated heterocycles. The summed E-state index contributed by atoms with van der Waals surface area (Å²) in [7, 11) is -4.30. The van der Waals surface area contributed by atoms with Crippen LogP contribution in [0.5, 0.6) is 0 Å². The average Bonchev–Trinajstić information content (AvgIpc) is 3.60. The number of rotatable bonds is 8. The molecule has 1 aromatic carbocycles. The lowest BCUT2D eigenvalue weighted by Gasteiger charge is -2.34. The Kier molecular flexibility index (Phi) is 7.72. The second-order valence-corrected chi connectivity index (χ2v) is 12.2. The quantitative estimate of drug-likeness (QED) is 0.361. The third-order valence-electron chi connectivity index (χ3n) is 7.57. The van der Waals surface area contributed by atoms with Crippen LogP contribution in [0.2, 0.25) is 0 Å². The average molecular weight is 600 g/mol. The SMILES string of the molecule is Cl.NC1CC(n2c(=O)c(-c3c(F)ccc(NS(=O)(=O)N4CCC(F)C4)c3F)cc3cnc(NCC4CC4)nc32)C1. The van der Waals surface area contributed by atoms with Gasteiger partial charge in [0.25, 0.3) is 5.56 Å². The Morgan fingerprint density at radius 3 is 2.55 bits per heavy atom. The summed E-state index contributed by atoms with van der Waals surface area (Å²) in [5.41, 5.74) is 4.09. The fourth-order valence-electron chi connectivity index (χ4n) is 5.11. The maximum absolute atomic E-state index is 15.8. The van der Waals surface area contributed by atoms with Crippen LogP contribution in [-0.4, -0.2) is 59.1 Å². The van der Waals surface area contributed by atoms with E-state index in [1.165, 1.54) is 16.8 Å². The Labute approximate surface area is 234 Å². The molecule has 0 amide bonds. The normalized spacial score (nSPS) is 23.1. The molecule has 216 valence electrons. The molecular weight excluding hydrogens is 571 g/mol. The molecule has 3 heterocycles. The number of aromatic nitrogens is 3. The number of hydrogen-bond acceptors (Lipinski definition) is 7. The van der Waals surface area contributed by atoms with Crippen LogP contribution in [0.1, 0.15) is 38.1 Å². The lowest BCUT2D eigenvalue weighted by molar-refractivity contribution is 0.267. The maximum Gasteiger partial charge on any atom is 0.301 e. The molecule has 3 aliphatic rings. The van der Waals surface area contributed by atoms with Crippen molar-refractivity contribution in [3.05, 3.63) is 46.4 Å². The Balaban J connectivity index is 0.00000323. The van der Waals surface area contributed by atoms with Gasteiger partial charge in [-0.15, -0.1) is 12.4 Å². The summed E-state index contributed by atoms with van der Waals surface area (Å²) in [5, 5.41) is 3.56. The van der Waals surface area contributed by atoms with Gasteiger partial charge in [0.2, 0.25) is 5.95 Å². The van der Waals surface area contributed by atoms with E-state index >= 15 is 8.78 Å². The Hall–Kier alpha value is -2.94. The van der Waals surface area contributed by atoms with E-state index in [0.29, 0.717) is 42.3 Å². The van der Waals surface area contributed by atoms with Crippen LogP contribution in [0.4, 0.5) is 24.8 Å². The molecule has 4 N–H and O–H groups in total. The summed E-state index contributed by atoms with van der Waals surface area (Å²) in [6, 6.07) is 2.69. The molecule has 2 saturated carbocycles. The van der Waals surface area contributed by atoms with E-state index in [9.17, 15) is 17.6 Å². The van der Waals surface area contributed by atoms with E-state index in [4.69, 9.17) is 5.73 Å². The van der Waals surface area contributed by atoms with Crippen molar-refractivity contribution in [3.63, 3.8) is 0 Å². The van der Waals surface area contributed by atoms with E-state index in [1.807, 2.05) is 0 Å². The third-order valence-corrected chi connectivity index (χ3v) is 9.06. The first-order valence-electron chi connectivity index (χ1n) is 12.9. The number of halogens is 4. The minimum Gasteiger partial charge on any atom is -0.354 e. The van der Waals surface area contributed by atoms with Gasteiger partial charge in [0.05, 0.1) is 16.8 Å². The van der Waals surface area contributed by atoms with E-state index in [2.05, 4.69) is 20.0 Å². The fraction of sp³-hybridized carbons (Fsp3) is 0.480.